The number of rotatable bonds is 4. The van der Waals surface area contributed by atoms with E-state index in [9.17, 15) is 9.59 Å². The summed E-state index contributed by atoms with van der Waals surface area (Å²) in [4.78, 5) is 23.1. The highest BCUT2D eigenvalue weighted by atomic mass is 16.5. The third kappa shape index (κ3) is 2.28. The van der Waals surface area contributed by atoms with Gasteiger partial charge in [0.2, 0.25) is 5.91 Å². The van der Waals surface area contributed by atoms with Crippen LogP contribution in [0.2, 0.25) is 0 Å². The third-order valence-corrected chi connectivity index (χ3v) is 3.59. The minimum atomic E-state index is -1.23. The molecule has 6 nitrogen and oxygen atoms in total. The maximum Gasteiger partial charge on any atom is 0.331 e. The fourth-order valence-corrected chi connectivity index (χ4v) is 2.20. The summed E-state index contributed by atoms with van der Waals surface area (Å²) in [6.07, 6.45) is 1.79. The lowest BCUT2D eigenvalue weighted by Gasteiger charge is -2.35. The molecule has 1 atom stereocenters. The first kappa shape index (κ1) is 12.3. The molecule has 1 heterocycles. The summed E-state index contributed by atoms with van der Waals surface area (Å²) in [6.45, 7) is 0.423. The first-order valence-electron chi connectivity index (χ1n) is 5.73. The maximum absolute atomic E-state index is 11.9. The van der Waals surface area contributed by atoms with Crippen LogP contribution in [0.4, 0.5) is 0 Å². The average molecular weight is 243 g/mol. The molecule has 2 fully saturated rings. The Labute approximate surface area is 99.3 Å². The summed E-state index contributed by atoms with van der Waals surface area (Å²) in [5.41, 5.74) is -1.23. The zero-order valence-corrected chi connectivity index (χ0v) is 9.77. The predicted molar refractivity (Wildman–Crippen MR) is 57.5 cm³/mol. The smallest absolute Gasteiger partial charge is 0.331 e. The molecule has 2 N–H and O–H groups in total. The molecule has 1 aliphatic heterocycles. The minimum Gasteiger partial charge on any atom is -0.479 e. The fourth-order valence-electron chi connectivity index (χ4n) is 2.20. The van der Waals surface area contributed by atoms with Gasteiger partial charge in [-0.25, -0.2) is 4.79 Å². The SMILES string of the molecule is COC1CC(C(=O)N[C@@]2(C(=O)O)CCOC2)C1. The number of carbonyl (C=O) groups is 2. The number of carbonyl (C=O) groups excluding carboxylic acids is 1. The van der Waals surface area contributed by atoms with Crippen LogP contribution in [0.25, 0.3) is 0 Å². The normalized spacial score (nSPS) is 36.3. The Balaban J connectivity index is 1.91. The number of aliphatic carboxylic acids is 1. The largest absolute Gasteiger partial charge is 0.479 e. The van der Waals surface area contributed by atoms with Crippen molar-refractivity contribution in [2.75, 3.05) is 20.3 Å². The molecule has 6 heteroatoms. The first-order valence-corrected chi connectivity index (χ1v) is 5.73. The number of nitrogens with one attached hydrogen (secondary N) is 1. The number of ether oxygens (including phenoxy) is 2. The van der Waals surface area contributed by atoms with Crippen molar-refractivity contribution in [1.82, 2.24) is 5.32 Å². The van der Waals surface area contributed by atoms with E-state index in [-0.39, 0.29) is 24.5 Å². The van der Waals surface area contributed by atoms with Gasteiger partial charge in [-0.1, -0.05) is 0 Å². The second-order valence-corrected chi connectivity index (χ2v) is 4.71. The lowest BCUT2D eigenvalue weighted by Crippen LogP contribution is -2.58. The monoisotopic (exact) mass is 243 g/mol. The van der Waals surface area contributed by atoms with Crippen molar-refractivity contribution in [2.24, 2.45) is 5.92 Å². The Morgan fingerprint density at radius 3 is 2.65 bits per heavy atom. The molecule has 0 radical (unpaired) electrons. The van der Waals surface area contributed by atoms with Gasteiger partial charge in [0.05, 0.1) is 12.7 Å². The van der Waals surface area contributed by atoms with Gasteiger partial charge in [-0.15, -0.1) is 0 Å². The van der Waals surface area contributed by atoms with Crippen molar-refractivity contribution in [1.29, 1.82) is 0 Å². The van der Waals surface area contributed by atoms with E-state index in [0.717, 1.165) is 0 Å². The first-order chi connectivity index (χ1) is 8.07. The van der Waals surface area contributed by atoms with Crippen LogP contribution in [-0.2, 0) is 19.1 Å². The topological polar surface area (TPSA) is 84.9 Å². The summed E-state index contributed by atoms with van der Waals surface area (Å²) in [7, 11) is 1.61. The van der Waals surface area contributed by atoms with Crippen LogP contribution in [0.3, 0.4) is 0 Å². The van der Waals surface area contributed by atoms with Crippen molar-refractivity contribution < 1.29 is 24.2 Å². The standard InChI is InChI=1S/C11H17NO5/c1-16-8-4-7(5-8)9(13)12-11(10(14)15)2-3-17-6-11/h7-8H,2-6H2,1H3,(H,12,13)(H,14,15)/t7?,8?,11-/m0/s1. The van der Waals surface area contributed by atoms with E-state index in [1.807, 2.05) is 0 Å². The molecule has 1 aliphatic carbocycles. The number of methoxy groups -OCH3 is 1. The molecule has 0 spiro atoms. The zero-order chi connectivity index (χ0) is 12.5. The molecular weight excluding hydrogens is 226 g/mol. The van der Waals surface area contributed by atoms with Gasteiger partial charge in [-0.3, -0.25) is 4.79 Å². The number of amides is 1. The molecule has 1 saturated carbocycles. The van der Waals surface area contributed by atoms with Gasteiger partial charge in [0, 0.05) is 26.1 Å². The van der Waals surface area contributed by atoms with Gasteiger partial charge >= 0.3 is 5.97 Å². The van der Waals surface area contributed by atoms with E-state index in [1.165, 1.54) is 0 Å². The van der Waals surface area contributed by atoms with E-state index in [0.29, 0.717) is 25.9 Å². The highest BCUT2D eigenvalue weighted by molar-refractivity contribution is 5.88. The summed E-state index contributed by atoms with van der Waals surface area (Å²) >= 11 is 0. The summed E-state index contributed by atoms with van der Waals surface area (Å²) in [6, 6.07) is 0. The summed E-state index contributed by atoms with van der Waals surface area (Å²) in [5, 5.41) is 11.8. The fraction of sp³-hybridized carbons (Fsp3) is 0.818. The Kier molecular flexibility index (Phi) is 3.35. The molecule has 1 saturated heterocycles. The molecule has 2 rings (SSSR count). The maximum atomic E-state index is 11.9. The van der Waals surface area contributed by atoms with Crippen LogP contribution < -0.4 is 5.32 Å². The lowest BCUT2D eigenvalue weighted by molar-refractivity contribution is -0.150. The van der Waals surface area contributed by atoms with E-state index >= 15 is 0 Å². The van der Waals surface area contributed by atoms with Crippen molar-refractivity contribution in [3.63, 3.8) is 0 Å². The van der Waals surface area contributed by atoms with Crippen LogP contribution >= 0.6 is 0 Å². The van der Waals surface area contributed by atoms with Crippen LogP contribution in [0, 0.1) is 5.92 Å². The summed E-state index contributed by atoms with van der Waals surface area (Å²) in [5.74, 6) is -1.35. The highest BCUT2D eigenvalue weighted by Gasteiger charge is 2.46. The van der Waals surface area contributed by atoms with Crippen LogP contribution in [0.5, 0.6) is 0 Å². The average Bonchev–Trinajstić information content (AvgIpc) is 2.66. The number of hydrogen-bond donors (Lipinski definition) is 2. The van der Waals surface area contributed by atoms with Crippen LogP contribution in [0.1, 0.15) is 19.3 Å². The molecule has 0 aromatic rings. The van der Waals surface area contributed by atoms with Crippen molar-refractivity contribution in [2.45, 2.75) is 30.9 Å². The number of hydrogen-bond acceptors (Lipinski definition) is 4. The van der Waals surface area contributed by atoms with Crippen molar-refractivity contribution in [3.05, 3.63) is 0 Å². The van der Waals surface area contributed by atoms with E-state index in [4.69, 9.17) is 14.6 Å². The second kappa shape index (κ2) is 4.62. The van der Waals surface area contributed by atoms with Gasteiger partial charge < -0.3 is 19.9 Å². The van der Waals surface area contributed by atoms with Gasteiger partial charge in [-0.2, -0.15) is 0 Å². The lowest BCUT2D eigenvalue weighted by atomic mass is 9.81. The Hall–Kier alpha value is -1.14. The minimum absolute atomic E-state index is 0.0501. The molecule has 0 aromatic carbocycles. The highest BCUT2D eigenvalue weighted by Crippen LogP contribution is 2.31. The van der Waals surface area contributed by atoms with E-state index in [2.05, 4.69) is 5.32 Å². The Morgan fingerprint density at radius 1 is 1.47 bits per heavy atom. The van der Waals surface area contributed by atoms with Gasteiger partial charge in [0.1, 0.15) is 0 Å². The molecule has 0 bridgehead atoms. The van der Waals surface area contributed by atoms with Crippen molar-refractivity contribution >= 4 is 11.9 Å². The van der Waals surface area contributed by atoms with Crippen LogP contribution in [0.15, 0.2) is 0 Å². The molecule has 17 heavy (non-hydrogen) atoms. The zero-order valence-electron chi connectivity index (χ0n) is 9.77. The molecule has 2 aliphatic rings. The van der Waals surface area contributed by atoms with Gasteiger partial charge in [0.15, 0.2) is 5.54 Å². The third-order valence-electron chi connectivity index (χ3n) is 3.59. The molecule has 1 amide bonds. The van der Waals surface area contributed by atoms with E-state index in [1.54, 1.807) is 7.11 Å². The van der Waals surface area contributed by atoms with Crippen molar-refractivity contribution in [3.8, 4) is 0 Å². The number of carboxylic acids is 1. The number of carboxylic acid groups (broad SMARTS) is 1. The molecule has 0 aromatic heterocycles. The quantitative estimate of drug-likeness (QED) is 0.712. The van der Waals surface area contributed by atoms with E-state index < -0.39 is 11.5 Å². The predicted octanol–water partition coefficient (Wildman–Crippen LogP) is -0.229. The molecule has 96 valence electrons. The Bertz CT molecular complexity index is 318. The second-order valence-electron chi connectivity index (χ2n) is 4.71. The Morgan fingerprint density at radius 2 is 2.18 bits per heavy atom. The van der Waals surface area contributed by atoms with Gasteiger partial charge in [-0.05, 0) is 12.8 Å². The molecule has 0 unspecified atom stereocenters. The van der Waals surface area contributed by atoms with Gasteiger partial charge in [0.25, 0.3) is 0 Å². The summed E-state index contributed by atoms with van der Waals surface area (Å²) < 4.78 is 10.2. The molecular formula is C11H17NO5. The van der Waals surface area contributed by atoms with Crippen LogP contribution in [-0.4, -0.2) is 48.9 Å².